The fraction of sp³-hybridized carbons (Fsp3) is 0.480. The van der Waals surface area contributed by atoms with Crippen molar-refractivity contribution in [1.29, 1.82) is 0 Å². The van der Waals surface area contributed by atoms with Crippen LogP contribution < -0.4 is 0 Å². The van der Waals surface area contributed by atoms with Gasteiger partial charge in [0.1, 0.15) is 10.7 Å². The van der Waals surface area contributed by atoms with Crippen molar-refractivity contribution in [2.45, 2.75) is 32.4 Å². The third kappa shape index (κ3) is 9.82. The molecule has 2 aromatic rings. The van der Waals surface area contributed by atoms with Crippen LogP contribution in [0.4, 0.5) is 4.39 Å². The molecule has 13 nitrogen and oxygen atoms in total. The number of esters is 1. The van der Waals surface area contributed by atoms with Crippen molar-refractivity contribution in [2.24, 2.45) is 0 Å². The highest BCUT2D eigenvalue weighted by Crippen LogP contribution is 2.35. The quantitative estimate of drug-likeness (QED) is 0.283. The van der Waals surface area contributed by atoms with Crippen molar-refractivity contribution >= 4 is 51.3 Å². The van der Waals surface area contributed by atoms with Crippen LogP contribution in [0.5, 0.6) is 0 Å². The van der Waals surface area contributed by atoms with Crippen LogP contribution in [0.1, 0.15) is 35.0 Å². The van der Waals surface area contributed by atoms with E-state index in [4.69, 9.17) is 49.1 Å². The number of aliphatic carboxylic acids is 4. The van der Waals surface area contributed by atoms with E-state index >= 15 is 0 Å². The summed E-state index contributed by atoms with van der Waals surface area (Å²) in [5, 5.41) is 30.1. The number of piperazine rings is 1. The molecule has 220 valence electrons. The first-order chi connectivity index (χ1) is 18.9. The van der Waals surface area contributed by atoms with Crippen molar-refractivity contribution in [3.8, 4) is 0 Å². The molecule has 15 heteroatoms. The molecule has 0 aliphatic carbocycles. The van der Waals surface area contributed by atoms with Gasteiger partial charge in [0.25, 0.3) is 0 Å². The van der Waals surface area contributed by atoms with Crippen molar-refractivity contribution in [3.63, 3.8) is 0 Å². The van der Waals surface area contributed by atoms with E-state index in [9.17, 15) is 9.18 Å². The Morgan fingerprint density at radius 3 is 2.05 bits per heavy atom. The molecule has 4 N–H and O–H groups in total. The third-order valence-corrected chi connectivity index (χ3v) is 7.10. The van der Waals surface area contributed by atoms with Gasteiger partial charge in [-0.1, -0.05) is 6.07 Å². The van der Waals surface area contributed by atoms with E-state index in [0.29, 0.717) is 29.5 Å². The first kappa shape index (κ1) is 32.6. The van der Waals surface area contributed by atoms with Crippen molar-refractivity contribution < 1.29 is 58.3 Å². The summed E-state index contributed by atoms with van der Waals surface area (Å²) in [7, 11) is 0. The van der Waals surface area contributed by atoms with Crippen LogP contribution in [0, 0.1) is 5.82 Å². The van der Waals surface area contributed by atoms with E-state index in [1.807, 2.05) is 6.07 Å². The lowest BCUT2D eigenvalue weighted by molar-refractivity contribution is -0.159. The van der Waals surface area contributed by atoms with Crippen LogP contribution in [0.15, 0.2) is 18.2 Å². The molecule has 1 atom stereocenters. The summed E-state index contributed by atoms with van der Waals surface area (Å²) in [6.07, 6.45) is 2.69. The van der Waals surface area contributed by atoms with Gasteiger partial charge in [0.05, 0.1) is 12.7 Å². The van der Waals surface area contributed by atoms with Crippen LogP contribution in [0.25, 0.3) is 10.1 Å². The lowest BCUT2D eigenvalue weighted by atomic mass is 10.1. The minimum atomic E-state index is -1.82. The van der Waals surface area contributed by atoms with Gasteiger partial charge in [0.15, 0.2) is 0 Å². The third-order valence-electron chi connectivity index (χ3n) is 5.92. The molecule has 0 spiro atoms. The number of carbonyl (C=O) groups excluding carboxylic acids is 1. The maximum atomic E-state index is 14.6. The zero-order valence-corrected chi connectivity index (χ0v) is 22.5. The molecule has 3 heterocycles. The van der Waals surface area contributed by atoms with Crippen LogP contribution in [0.2, 0.25) is 0 Å². The van der Waals surface area contributed by atoms with Crippen LogP contribution >= 0.6 is 11.3 Å². The van der Waals surface area contributed by atoms with Crippen LogP contribution in [-0.2, 0) is 35.2 Å². The van der Waals surface area contributed by atoms with E-state index in [1.54, 1.807) is 13.0 Å². The van der Waals surface area contributed by atoms with Gasteiger partial charge >= 0.3 is 29.8 Å². The highest BCUT2D eigenvalue weighted by Gasteiger charge is 2.26. The number of carboxylic acid groups (broad SMARTS) is 4. The number of rotatable bonds is 6. The predicted molar refractivity (Wildman–Crippen MR) is 139 cm³/mol. The fourth-order valence-corrected chi connectivity index (χ4v) is 5.23. The van der Waals surface area contributed by atoms with Gasteiger partial charge in [-0.25, -0.2) is 28.4 Å². The summed E-state index contributed by atoms with van der Waals surface area (Å²) in [4.78, 5) is 54.1. The molecular formula is C25H31FN2O11S. The largest absolute Gasteiger partial charge is 0.473 e. The van der Waals surface area contributed by atoms with Crippen molar-refractivity contribution in [1.82, 2.24) is 9.80 Å². The van der Waals surface area contributed by atoms with Gasteiger partial charge in [-0.3, -0.25) is 9.80 Å². The first-order valence-electron chi connectivity index (χ1n) is 12.3. The Kier molecular flexibility index (Phi) is 12.9. The van der Waals surface area contributed by atoms with Crippen molar-refractivity contribution in [3.05, 3.63) is 34.5 Å². The Bertz CT molecular complexity index is 1160. The topological polar surface area (TPSA) is 191 Å². The monoisotopic (exact) mass is 586 g/mol. The zero-order valence-electron chi connectivity index (χ0n) is 21.7. The molecular weight excluding hydrogens is 555 g/mol. The second-order valence-electron chi connectivity index (χ2n) is 8.68. The normalized spacial score (nSPS) is 17.2. The van der Waals surface area contributed by atoms with E-state index in [1.165, 1.54) is 17.4 Å². The maximum Gasteiger partial charge on any atom is 0.414 e. The van der Waals surface area contributed by atoms with Gasteiger partial charge < -0.3 is 29.9 Å². The van der Waals surface area contributed by atoms with Crippen LogP contribution in [-0.4, -0.2) is 112 Å². The molecule has 1 unspecified atom stereocenters. The van der Waals surface area contributed by atoms with E-state index in [0.717, 1.165) is 62.4 Å². The predicted octanol–water partition coefficient (Wildman–Crippen LogP) is 1.82. The molecule has 40 heavy (non-hydrogen) atoms. The summed E-state index contributed by atoms with van der Waals surface area (Å²) in [5.74, 6) is -7.92. The number of carbonyl (C=O) groups is 5. The Morgan fingerprint density at radius 1 is 0.975 bits per heavy atom. The lowest BCUT2D eigenvalue weighted by Crippen LogP contribution is -2.48. The minimum Gasteiger partial charge on any atom is -0.473 e. The summed E-state index contributed by atoms with van der Waals surface area (Å²) in [6.45, 7) is 8.31. The number of hydrogen-bond donors (Lipinski definition) is 4. The summed E-state index contributed by atoms with van der Waals surface area (Å²) in [5.41, 5.74) is 0.768. The van der Waals surface area contributed by atoms with E-state index < -0.39 is 23.9 Å². The molecule has 1 aromatic carbocycles. The molecule has 4 rings (SSSR count). The lowest BCUT2D eigenvalue weighted by Gasteiger charge is -2.35. The van der Waals surface area contributed by atoms with Gasteiger partial charge in [0.2, 0.25) is 0 Å². The summed E-state index contributed by atoms with van der Waals surface area (Å²) >= 11 is 1.33. The van der Waals surface area contributed by atoms with E-state index in [-0.39, 0.29) is 11.8 Å². The number of halogens is 1. The molecule has 1 aromatic heterocycles. The molecule has 0 bridgehead atoms. The molecule has 2 aliphatic heterocycles. The second-order valence-corrected chi connectivity index (χ2v) is 9.73. The number of thiophene rings is 1. The number of nitrogens with zero attached hydrogens (tertiary/aromatic N) is 2. The molecule has 0 amide bonds. The zero-order chi connectivity index (χ0) is 29.8. The molecule has 0 radical (unpaired) electrons. The number of benzene rings is 1. The molecule has 0 saturated carbocycles. The van der Waals surface area contributed by atoms with Crippen molar-refractivity contribution in [2.75, 3.05) is 45.9 Å². The van der Waals surface area contributed by atoms with Crippen LogP contribution in [0.3, 0.4) is 0 Å². The van der Waals surface area contributed by atoms with E-state index in [2.05, 4.69) is 9.80 Å². The first-order valence-corrected chi connectivity index (χ1v) is 13.1. The minimum absolute atomic E-state index is 0.267. The van der Waals surface area contributed by atoms with Gasteiger partial charge in [-0.2, -0.15) is 0 Å². The Labute approximate surface area is 232 Å². The maximum absolute atomic E-state index is 14.6. The SMILES string of the molecule is CCOC(=O)c1sc2cccc(F)c2c1CN1CCN(CC2CCCO2)CC1.O=C(O)C(=O)O.O=C(O)C(=O)O. The average molecular weight is 587 g/mol. The molecule has 2 saturated heterocycles. The summed E-state index contributed by atoms with van der Waals surface area (Å²) in [6, 6.07) is 5.03. The van der Waals surface area contributed by atoms with Gasteiger partial charge in [-0.15, -0.1) is 11.3 Å². The number of ether oxygens (including phenoxy) is 2. The molecule has 2 aliphatic rings. The number of fused-ring (bicyclic) bond motifs is 1. The average Bonchev–Trinajstić information content (AvgIpc) is 3.54. The summed E-state index contributed by atoms with van der Waals surface area (Å²) < 4.78 is 26.3. The Morgan fingerprint density at radius 2 is 1.55 bits per heavy atom. The standard InChI is InChI=1S/C21H27FN2O3S.2C2H2O4/c1-2-26-21(25)20-16(19-17(22)6-3-7-18(19)28-20)14-24-10-8-23(9-11-24)13-15-5-4-12-27-15;2*3-1(4)2(5)6/h3,6-7,15H,2,4-5,8-14H2,1H3;2*(H,3,4)(H,5,6). The number of hydrogen-bond acceptors (Lipinski definition) is 10. The smallest absolute Gasteiger partial charge is 0.414 e. The van der Waals surface area contributed by atoms with Gasteiger partial charge in [0, 0.05) is 61.5 Å². The fourth-order valence-electron chi connectivity index (χ4n) is 4.11. The second kappa shape index (κ2) is 15.8. The Balaban J connectivity index is 0.000000393. The van der Waals surface area contributed by atoms with Gasteiger partial charge in [-0.05, 0) is 31.9 Å². The number of carboxylic acids is 4. The molecule has 2 fully saturated rings. The Hall–Kier alpha value is -3.66. The highest BCUT2D eigenvalue weighted by atomic mass is 32.1. The highest BCUT2D eigenvalue weighted by molar-refractivity contribution is 7.21.